The fraction of sp³-hybridized carbons (Fsp3) is 0.0909. The molecule has 0 unspecified atom stereocenters. The summed E-state index contributed by atoms with van der Waals surface area (Å²) >= 11 is 0. The van der Waals surface area contributed by atoms with Crippen molar-refractivity contribution in [3.63, 3.8) is 0 Å². The molecule has 0 fully saturated rings. The Balaban J connectivity index is 1.62. The first kappa shape index (κ1) is 17.2. The lowest BCUT2D eigenvalue weighted by Crippen LogP contribution is -2.00. The fourth-order valence-electron chi connectivity index (χ4n) is 2.52. The van der Waals surface area contributed by atoms with Crippen molar-refractivity contribution >= 4 is 22.8 Å². The highest BCUT2D eigenvalue weighted by Gasteiger charge is 2.01. The van der Waals surface area contributed by atoms with Crippen LogP contribution in [0.1, 0.15) is 16.7 Å². The zero-order valence-corrected chi connectivity index (χ0v) is 14.3. The van der Waals surface area contributed by atoms with E-state index in [-0.39, 0.29) is 6.61 Å². The summed E-state index contributed by atoms with van der Waals surface area (Å²) in [5.41, 5.74) is 2.33. The number of fused-ring (bicyclic) bond motifs is 1. The van der Waals surface area contributed by atoms with Crippen molar-refractivity contribution < 1.29 is 14.3 Å². The predicted octanol–water partition coefficient (Wildman–Crippen LogP) is 4.48. The van der Waals surface area contributed by atoms with Gasteiger partial charge in [-0.25, -0.2) is 4.79 Å². The number of carbonyl (C=O) groups is 1. The van der Waals surface area contributed by atoms with Crippen molar-refractivity contribution in [1.29, 1.82) is 5.26 Å². The van der Waals surface area contributed by atoms with Crippen LogP contribution in [0.4, 0.5) is 0 Å². The molecular weight excluding hydrogens is 326 g/mol. The molecule has 0 atom stereocenters. The van der Waals surface area contributed by atoms with Gasteiger partial charge in [-0.2, -0.15) is 5.26 Å². The van der Waals surface area contributed by atoms with Gasteiger partial charge in [-0.1, -0.05) is 30.3 Å². The first-order chi connectivity index (χ1) is 12.7. The molecule has 0 N–H and O–H groups in total. The normalized spacial score (nSPS) is 10.6. The van der Waals surface area contributed by atoms with Crippen LogP contribution in [-0.4, -0.2) is 13.1 Å². The average Bonchev–Trinajstić information content (AvgIpc) is 2.70. The molecule has 0 aliphatic rings. The summed E-state index contributed by atoms with van der Waals surface area (Å²) in [6, 6.07) is 20.8. The second kappa shape index (κ2) is 8.00. The number of carbonyl (C=O) groups excluding carboxylic acids is 1. The molecule has 4 heteroatoms. The van der Waals surface area contributed by atoms with E-state index >= 15 is 0 Å². The van der Waals surface area contributed by atoms with Crippen molar-refractivity contribution in [1.82, 2.24) is 0 Å². The van der Waals surface area contributed by atoms with Gasteiger partial charge in [0.2, 0.25) is 0 Å². The van der Waals surface area contributed by atoms with Crippen LogP contribution in [0.3, 0.4) is 0 Å². The van der Waals surface area contributed by atoms with Gasteiger partial charge in [-0.05, 0) is 58.3 Å². The summed E-state index contributed by atoms with van der Waals surface area (Å²) in [7, 11) is 1.64. The summed E-state index contributed by atoms with van der Waals surface area (Å²) in [6.07, 6.45) is 3.14. The topological polar surface area (TPSA) is 59.3 Å². The average molecular weight is 343 g/mol. The summed E-state index contributed by atoms with van der Waals surface area (Å²) in [6.45, 7) is 0.173. The Morgan fingerprint density at radius 3 is 2.50 bits per heavy atom. The number of ether oxygens (including phenoxy) is 2. The Bertz CT molecular complexity index is 998. The van der Waals surface area contributed by atoms with Crippen molar-refractivity contribution in [2.24, 2.45) is 0 Å². The van der Waals surface area contributed by atoms with Crippen molar-refractivity contribution in [3.05, 3.63) is 83.4 Å². The second-order valence-corrected chi connectivity index (χ2v) is 5.72. The van der Waals surface area contributed by atoms with E-state index in [0.717, 1.165) is 27.6 Å². The van der Waals surface area contributed by atoms with Crippen LogP contribution >= 0.6 is 0 Å². The minimum Gasteiger partial charge on any atom is -0.497 e. The van der Waals surface area contributed by atoms with E-state index in [9.17, 15) is 4.79 Å². The fourth-order valence-corrected chi connectivity index (χ4v) is 2.52. The van der Waals surface area contributed by atoms with E-state index in [1.165, 1.54) is 6.08 Å². The van der Waals surface area contributed by atoms with Gasteiger partial charge in [0.15, 0.2) is 0 Å². The number of nitriles is 1. The summed E-state index contributed by atoms with van der Waals surface area (Å²) in [5.74, 6) is 0.399. The van der Waals surface area contributed by atoms with Crippen molar-refractivity contribution in [2.75, 3.05) is 7.11 Å². The van der Waals surface area contributed by atoms with Gasteiger partial charge in [0, 0.05) is 6.08 Å². The molecule has 0 bridgehead atoms. The molecule has 0 spiro atoms. The molecule has 0 radical (unpaired) electrons. The van der Waals surface area contributed by atoms with Crippen LogP contribution in [0.5, 0.6) is 5.75 Å². The quantitative estimate of drug-likeness (QED) is 0.506. The van der Waals surface area contributed by atoms with Crippen LogP contribution < -0.4 is 4.74 Å². The largest absolute Gasteiger partial charge is 0.497 e. The molecule has 0 saturated heterocycles. The highest BCUT2D eigenvalue weighted by Crippen LogP contribution is 2.22. The summed E-state index contributed by atoms with van der Waals surface area (Å²) < 4.78 is 10.4. The van der Waals surface area contributed by atoms with Crippen molar-refractivity contribution in [3.8, 4) is 11.8 Å². The molecule has 4 nitrogen and oxygen atoms in total. The Kier molecular flexibility index (Phi) is 5.31. The third-order valence-corrected chi connectivity index (χ3v) is 3.95. The number of hydrogen-bond donors (Lipinski definition) is 0. The van der Waals surface area contributed by atoms with Gasteiger partial charge < -0.3 is 9.47 Å². The molecule has 0 aliphatic heterocycles. The van der Waals surface area contributed by atoms with E-state index in [2.05, 4.69) is 6.07 Å². The number of methoxy groups -OCH3 is 1. The molecule has 26 heavy (non-hydrogen) atoms. The molecule has 0 aliphatic carbocycles. The predicted molar refractivity (Wildman–Crippen MR) is 100 cm³/mol. The Hall–Kier alpha value is -3.58. The van der Waals surface area contributed by atoms with Crippen molar-refractivity contribution in [2.45, 2.75) is 6.61 Å². The van der Waals surface area contributed by atoms with Crippen LogP contribution in [0.25, 0.3) is 16.8 Å². The molecule has 0 amide bonds. The zero-order chi connectivity index (χ0) is 18.4. The smallest absolute Gasteiger partial charge is 0.331 e. The Labute approximate surface area is 151 Å². The monoisotopic (exact) mass is 343 g/mol. The lowest BCUT2D eigenvalue weighted by Gasteiger charge is -2.04. The first-order valence-corrected chi connectivity index (χ1v) is 8.09. The maximum atomic E-state index is 11.9. The van der Waals surface area contributed by atoms with E-state index in [1.54, 1.807) is 37.5 Å². The lowest BCUT2D eigenvalue weighted by molar-refractivity contribution is -0.138. The summed E-state index contributed by atoms with van der Waals surface area (Å²) in [5, 5.41) is 10.9. The minimum absolute atomic E-state index is 0.173. The van der Waals surface area contributed by atoms with E-state index in [4.69, 9.17) is 14.7 Å². The molecule has 3 aromatic carbocycles. The second-order valence-electron chi connectivity index (χ2n) is 5.72. The highest BCUT2D eigenvalue weighted by molar-refractivity contribution is 5.90. The zero-order valence-electron chi connectivity index (χ0n) is 14.3. The Morgan fingerprint density at radius 2 is 1.77 bits per heavy atom. The number of benzene rings is 3. The molecule has 128 valence electrons. The van der Waals surface area contributed by atoms with E-state index < -0.39 is 5.97 Å². The third kappa shape index (κ3) is 4.28. The Morgan fingerprint density at radius 1 is 1.04 bits per heavy atom. The van der Waals surface area contributed by atoms with Crippen LogP contribution in [-0.2, 0) is 16.1 Å². The first-order valence-electron chi connectivity index (χ1n) is 8.09. The molecule has 0 aromatic heterocycles. The van der Waals surface area contributed by atoms with Gasteiger partial charge in [0.25, 0.3) is 0 Å². The third-order valence-electron chi connectivity index (χ3n) is 3.95. The number of hydrogen-bond acceptors (Lipinski definition) is 4. The van der Waals surface area contributed by atoms with Gasteiger partial charge >= 0.3 is 5.97 Å². The van der Waals surface area contributed by atoms with Crippen LogP contribution in [0.2, 0.25) is 0 Å². The van der Waals surface area contributed by atoms with Gasteiger partial charge in [0.1, 0.15) is 12.4 Å². The molecule has 0 heterocycles. The maximum absolute atomic E-state index is 11.9. The van der Waals surface area contributed by atoms with Crippen LogP contribution in [0.15, 0.2) is 66.7 Å². The SMILES string of the molecule is COc1ccc2cc(/C=C/C(=O)OCc3ccc(C#N)cc3)ccc2c1. The van der Waals surface area contributed by atoms with Gasteiger partial charge in [0.05, 0.1) is 18.7 Å². The number of rotatable bonds is 5. The van der Waals surface area contributed by atoms with E-state index in [1.807, 2.05) is 36.4 Å². The molecule has 3 aromatic rings. The van der Waals surface area contributed by atoms with E-state index in [0.29, 0.717) is 5.56 Å². The standard InChI is InChI=1S/C22H17NO3/c1-25-21-10-9-19-12-16(6-8-20(19)13-21)7-11-22(24)26-15-18-4-2-17(14-23)3-5-18/h2-13H,15H2,1H3/b11-7+. The molecule has 3 rings (SSSR count). The van der Waals surface area contributed by atoms with Gasteiger partial charge in [-0.15, -0.1) is 0 Å². The molecule has 0 saturated carbocycles. The number of esters is 1. The van der Waals surface area contributed by atoms with Gasteiger partial charge in [-0.3, -0.25) is 0 Å². The summed E-state index contributed by atoms with van der Waals surface area (Å²) in [4.78, 5) is 11.9. The molecular formula is C22H17NO3. The number of nitrogens with zero attached hydrogens (tertiary/aromatic N) is 1. The minimum atomic E-state index is -0.413. The lowest BCUT2D eigenvalue weighted by atomic mass is 10.1. The van der Waals surface area contributed by atoms with Crippen LogP contribution in [0, 0.1) is 11.3 Å². The maximum Gasteiger partial charge on any atom is 0.331 e. The highest BCUT2D eigenvalue weighted by atomic mass is 16.5.